The molecule has 1 rings (SSSR count). The Kier molecular flexibility index (Phi) is 10.6. The number of carboxylic acid groups (broad SMARTS) is 2. The molecule has 5 atom stereocenters. The summed E-state index contributed by atoms with van der Waals surface area (Å²) in [6.07, 6.45) is 0.518. The number of rotatable bonds is 13. The number of imidazole rings is 1. The smallest absolute Gasteiger partial charge is 0.327 e. The van der Waals surface area contributed by atoms with Crippen molar-refractivity contribution in [1.82, 2.24) is 25.9 Å². The maximum Gasteiger partial charge on any atom is 0.327 e. The van der Waals surface area contributed by atoms with Crippen molar-refractivity contribution in [3.63, 3.8) is 0 Å². The Hall–Kier alpha value is -3.17. The second-order valence-corrected chi connectivity index (χ2v) is 7.21. The van der Waals surface area contributed by atoms with E-state index in [-0.39, 0.29) is 12.2 Å². The normalized spacial score (nSPS) is 15.5. The summed E-state index contributed by atoms with van der Waals surface area (Å²) in [4.78, 5) is 66.2. The van der Waals surface area contributed by atoms with Gasteiger partial charge < -0.3 is 42.0 Å². The van der Waals surface area contributed by atoms with Crippen LogP contribution in [0, 0.1) is 0 Å². The van der Waals surface area contributed by atoms with Gasteiger partial charge in [-0.15, -0.1) is 0 Å². The van der Waals surface area contributed by atoms with Crippen LogP contribution >= 0.6 is 12.6 Å². The molecule has 0 aromatic carbocycles. The minimum Gasteiger partial charge on any atom is -0.481 e. The molecular weight excluding hydrogens is 448 g/mol. The van der Waals surface area contributed by atoms with Gasteiger partial charge >= 0.3 is 11.9 Å². The Morgan fingerprint density at radius 3 is 2.09 bits per heavy atom. The summed E-state index contributed by atoms with van der Waals surface area (Å²) in [6, 6.07) is -5.73. The minimum absolute atomic E-state index is 0.125. The number of aliphatic carboxylic acids is 2. The summed E-state index contributed by atoms with van der Waals surface area (Å²) in [5.74, 6) is -5.97. The molecule has 1 aromatic rings. The van der Waals surface area contributed by atoms with Crippen LogP contribution in [0.5, 0.6) is 0 Å². The highest BCUT2D eigenvalue weighted by Crippen LogP contribution is 2.03. The first-order chi connectivity index (χ1) is 15.0. The minimum atomic E-state index is -1.65. The van der Waals surface area contributed by atoms with Gasteiger partial charge in [-0.1, -0.05) is 0 Å². The number of thiol groups is 1. The fraction of sp³-hybridized carbons (Fsp3) is 0.529. The molecule has 1 aromatic heterocycles. The summed E-state index contributed by atoms with van der Waals surface area (Å²) in [5.41, 5.74) is 6.00. The fourth-order valence-electron chi connectivity index (χ4n) is 2.43. The van der Waals surface area contributed by atoms with Crippen LogP contribution in [-0.2, 0) is 30.4 Å². The topological polar surface area (TPSA) is 237 Å². The molecule has 0 radical (unpaired) electrons. The molecule has 14 nitrogen and oxygen atoms in total. The molecule has 0 fully saturated rings. The Morgan fingerprint density at radius 2 is 1.62 bits per heavy atom. The third kappa shape index (κ3) is 8.52. The van der Waals surface area contributed by atoms with Crippen molar-refractivity contribution in [2.24, 2.45) is 5.73 Å². The molecule has 5 unspecified atom stereocenters. The summed E-state index contributed by atoms with van der Waals surface area (Å²) in [7, 11) is 0. The van der Waals surface area contributed by atoms with Crippen molar-refractivity contribution in [2.45, 2.75) is 50.0 Å². The van der Waals surface area contributed by atoms with E-state index in [2.05, 4.69) is 38.5 Å². The second kappa shape index (κ2) is 12.6. The van der Waals surface area contributed by atoms with Crippen molar-refractivity contribution in [3.8, 4) is 0 Å². The largest absolute Gasteiger partial charge is 0.481 e. The number of nitrogens with zero attached hydrogens (tertiary/aromatic N) is 1. The molecule has 0 aliphatic rings. The first-order valence-corrected chi connectivity index (χ1v) is 9.97. The zero-order valence-electron chi connectivity index (χ0n) is 17.0. The van der Waals surface area contributed by atoms with E-state index in [1.54, 1.807) is 0 Å². The van der Waals surface area contributed by atoms with Gasteiger partial charge in [0, 0.05) is 24.1 Å². The van der Waals surface area contributed by atoms with Crippen LogP contribution in [0.4, 0.5) is 0 Å². The molecule has 9 N–H and O–H groups in total. The number of aliphatic hydroxyl groups is 1. The van der Waals surface area contributed by atoms with Crippen molar-refractivity contribution in [2.75, 3.05) is 5.75 Å². The molecule has 0 saturated heterocycles. The second-order valence-electron chi connectivity index (χ2n) is 6.85. The van der Waals surface area contributed by atoms with E-state index in [1.165, 1.54) is 19.4 Å². The van der Waals surface area contributed by atoms with Gasteiger partial charge in [0.2, 0.25) is 17.7 Å². The number of H-pyrrole nitrogens is 1. The van der Waals surface area contributed by atoms with Crippen molar-refractivity contribution < 1.29 is 39.3 Å². The van der Waals surface area contributed by atoms with E-state index in [9.17, 15) is 29.1 Å². The van der Waals surface area contributed by atoms with Gasteiger partial charge in [0.1, 0.15) is 24.2 Å². The quantitative estimate of drug-likeness (QED) is 0.128. The highest BCUT2D eigenvalue weighted by molar-refractivity contribution is 7.80. The monoisotopic (exact) mass is 474 g/mol. The zero-order chi connectivity index (χ0) is 24.4. The number of hydrogen-bond donors (Lipinski definition) is 9. The SMILES string of the molecule is CC(O)C(N)C(=O)NC(Cc1cnc[nH]1)C(=O)NC(CC(=O)O)C(=O)NC(CS)C(=O)O. The fourth-order valence-corrected chi connectivity index (χ4v) is 2.67. The number of hydrogen-bond acceptors (Lipinski definition) is 9. The molecule has 0 bridgehead atoms. The molecule has 0 saturated carbocycles. The molecule has 0 aliphatic carbocycles. The lowest BCUT2D eigenvalue weighted by atomic mass is 10.1. The summed E-state index contributed by atoms with van der Waals surface area (Å²) in [6.45, 7) is 1.28. The number of aromatic amines is 1. The number of amides is 3. The van der Waals surface area contributed by atoms with Crippen molar-refractivity contribution >= 4 is 42.3 Å². The van der Waals surface area contributed by atoms with Gasteiger partial charge in [-0.3, -0.25) is 19.2 Å². The number of aromatic nitrogens is 2. The predicted octanol–water partition coefficient (Wildman–Crippen LogP) is -3.40. The maximum atomic E-state index is 12.8. The molecule has 3 amide bonds. The first-order valence-electron chi connectivity index (χ1n) is 9.33. The Balaban J connectivity index is 3.04. The average Bonchev–Trinajstić information content (AvgIpc) is 3.22. The lowest BCUT2D eigenvalue weighted by Crippen LogP contribution is -2.59. The van der Waals surface area contributed by atoms with E-state index in [4.69, 9.17) is 15.9 Å². The van der Waals surface area contributed by atoms with Crippen LogP contribution in [0.15, 0.2) is 12.5 Å². The zero-order valence-corrected chi connectivity index (χ0v) is 17.9. The number of nitrogens with one attached hydrogen (secondary N) is 4. The average molecular weight is 474 g/mol. The van der Waals surface area contributed by atoms with Crippen LogP contribution < -0.4 is 21.7 Å². The van der Waals surface area contributed by atoms with E-state index >= 15 is 0 Å². The molecule has 0 spiro atoms. The Bertz CT molecular complexity index is 818. The molecule has 1 heterocycles. The third-order valence-electron chi connectivity index (χ3n) is 4.24. The summed E-state index contributed by atoms with van der Waals surface area (Å²) >= 11 is 3.80. The van der Waals surface area contributed by atoms with Crippen molar-refractivity contribution in [1.29, 1.82) is 0 Å². The number of carboxylic acids is 2. The third-order valence-corrected chi connectivity index (χ3v) is 4.61. The van der Waals surface area contributed by atoms with Crippen LogP contribution in [0.2, 0.25) is 0 Å². The van der Waals surface area contributed by atoms with Gasteiger partial charge in [0.05, 0.1) is 18.9 Å². The van der Waals surface area contributed by atoms with Crippen LogP contribution in [-0.4, -0.2) is 91.0 Å². The van der Waals surface area contributed by atoms with Gasteiger partial charge in [-0.05, 0) is 6.92 Å². The molecule has 15 heteroatoms. The number of aliphatic hydroxyl groups excluding tert-OH is 1. The highest BCUT2D eigenvalue weighted by atomic mass is 32.1. The number of nitrogens with two attached hydrogens (primary N) is 1. The lowest BCUT2D eigenvalue weighted by molar-refractivity contribution is -0.143. The first kappa shape index (κ1) is 26.9. The number of carbonyl (C=O) groups excluding carboxylic acids is 3. The van der Waals surface area contributed by atoms with Gasteiger partial charge in [-0.25, -0.2) is 9.78 Å². The molecular formula is C17H26N6O8S. The van der Waals surface area contributed by atoms with Crippen LogP contribution in [0.1, 0.15) is 19.0 Å². The molecule has 0 aliphatic heterocycles. The van der Waals surface area contributed by atoms with E-state index in [0.717, 1.165) is 0 Å². The lowest BCUT2D eigenvalue weighted by Gasteiger charge is -2.24. The summed E-state index contributed by atoms with van der Waals surface area (Å²) in [5, 5.41) is 34.2. The standard InChI is InChI=1S/C17H26N6O8S/c1-7(24)13(18)16(29)22-9(2-8-4-19-6-20-8)14(27)21-10(3-12(25)26)15(28)23-11(5-32)17(30)31/h4,6-7,9-11,13,24,32H,2-3,5,18H2,1H3,(H,19,20)(H,21,27)(H,22,29)(H,23,28)(H,25,26)(H,30,31). The maximum absolute atomic E-state index is 12.8. The highest BCUT2D eigenvalue weighted by Gasteiger charge is 2.32. The molecule has 32 heavy (non-hydrogen) atoms. The van der Waals surface area contributed by atoms with Gasteiger partial charge in [0.15, 0.2) is 0 Å². The van der Waals surface area contributed by atoms with Gasteiger partial charge in [-0.2, -0.15) is 12.6 Å². The van der Waals surface area contributed by atoms with Gasteiger partial charge in [0.25, 0.3) is 0 Å². The van der Waals surface area contributed by atoms with E-state index in [0.29, 0.717) is 5.69 Å². The van der Waals surface area contributed by atoms with Crippen LogP contribution in [0.3, 0.4) is 0 Å². The van der Waals surface area contributed by atoms with Crippen molar-refractivity contribution in [3.05, 3.63) is 18.2 Å². The Morgan fingerprint density at radius 1 is 1.06 bits per heavy atom. The molecule has 178 valence electrons. The van der Waals surface area contributed by atoms with E-state index in [1.807, 2.05) is 0 Å². The predicted molar refractivity (Wildman–Crippen MR) is 111 cm³/mol. The Labute approximate surface area is 187 Å². The summed E-state index contributed by atoms with van der Waals surface area (Å²) < 4.78 is 0. The van der Waals surface area contributed by atoms with Crippen LogP contribution in [0.25, 0.3) is 0 Å². The number of carbonyl (C=O) groups is 5. The van der Waals surface area contributed by atoms with E-state index < -0.39 is 66.4 Å².